The van der Waals surface area contributed by atoms with E-state index in [1.165, 1.54) is 32.1 Å². The summed E-state index contributed by atoms with van der Waals surface area (Å²) in [6.45, 7) is 1.72. The molecule has 0 aliphatic carbocycles. The molecular formula is C59H98N22O15S. The van der Waals surface area contributed by atoms with E-state index in [-0.39, 0.29) is 89.5 Å². The van der Waals surface area contributed by atoms with Crippen LogP contribution in [0.3, 0.4) is 0 Å². The molecule has 0 spiro atoms. The number of aliphatic hydroxyl groups is 2. The maximum Gasteiger partial charge on any atom is 0.245 e. The zero-order valence-corrected chi connectivity index (χ0v) is 55.6. The normalized spacial score (nSPS) is 13.9. The van der Waals surface area contributed by atoms with Gasteiger partial charge in [-0.15, -0.1) is 0 Å². The fourth-order valence-corrected chi connectivity index (χ4v) is 9.53. The highest BCUT2D eigenvalue weighted by molar-refractivity contribution is 7.07. The first kappa shape index (κ1) is 83.5. The Kier molecular flexibility index (Phi) is 40.0. The summed E-state index contributed by atoms with van der Waals surface area (Å²) in [5.74, 6) is -11.9. The molecule has 1 aromatic heterocycles. The SMILES string of the molecule is C[C@H](NC(=O)CNC(=O)[C@H](NC(=O)[C@H](Cc1ccccc1)NC(=O)CNC(=O)CNC(=O)CNCc1ccsc1)[C@@H](C)O)C(=O)N[C@@H](CCCN=C(N)N)C(=O)N[C@@H](CCCCN)C(=O)N[C@@H](CO)C(=O)N[C@@H](C)C(=O)N[C@@H](CCCN=C(N)N)C(=O)N[C@@H](CCCCN)C(N)=O. The Morgan fingerprint density at radius 1 is 0.454 bits per heavy atom. The van der Waals surface area contributed by atoms with Gasteiger partial charge < -0.3 is 119 Å². The van der Waals surface area contributed by atoms with Crippen molar-refractivity contribution in [2.24, 2.45) is 50.1 Å². The number of nitrogens with zero attached hydrogens (tertiary/aromatic N) is 2. The molecule has 540 valence electrons. The van der Waals surface area contributed by atoms with Crippen LogP contribution >= 0.6 is 11.3 Å². The standard InChI is InChI=1S/C59H98N22O15S/c1-33(73-46(86)30-72-57(96)48(35(3)83)81-55(94)42(25-36-13-5-4-6-14-36)75-47(87)29-71-45(85)28-70-44(84)27-67-26-37-19-24-97-32-37)50(89)77-41(18-12-23-69-59(65)66)53(92)79-39(16-8-10-21-61)54(93)80-43(31-82)56(95)74-34(2)51(90)78-40(17-11-22-68-58(63)64)52(91)76-38(49(62)88)15-7-9-20-60/h4-6,13-14,19,24,32-35,38-43,48,67,82-83H,7-12,15-18,20-23,25-31,60-61H2,1-3H3,(H2,62,88)(H,70,84)(H,71,85)(H,72,96)(H,73,86)(H,74,95)(H,75,87)(H,76,91)(H,77,89)(H,78,90)(H,79,92)(H,80,93)(H,81,94)(H4,63,64,68)(H4,65,66,69)/t33-,34-,35+,38-,39-,40-,41-,42-,43-,48+/m0/s1. The average molecular weight is 1390 g/mol. The second kappa shape index (κ2) is 46.5. The predicted molar refractivity (Wildman–Crippen MR) is 358 cm³/mol. The van der Waals surface area contributed by atoms with Gasteiger partial charge in [0, 0.05) is 26.1 Å². The molecule has 0 aliphatic rings. The Balaban J connectivity index is 2.16. The number of hydrogen-bond acceptors (Lipinski definition) is 21. The van der Waals surface area contributed by atoms with E-state index >= 15 is 0 Å². The van der Waals surface area contributed by atoms with Crippen LogP contribution in [0, 0.1) is 0 Å². The lowest BCUT2D eigenvalue weighted by Gasteiger charge is -2.26. The number of aliphatic hydroxyl groups excluding tert-OH is 2. The second-order valence-electron chi connectivity index (χ2n) is 22.4. The van der Waals surface area contributed by atoms with Crippen molar-refractivity contribution in [3.63, 3.8) is 0 Å². The Morgan fingerprint density at radius 3 is 1.39 bits per heavy atom. The highest BCUT2D eigenvalue weighted by atomic mass is 32.1. The Bertz CT molecular complexity index is 2940. The Morgan fingerprint density at radius 2 is 0.897 bits per heavy atom. The molecule has 97 heavy (non-hydrogen) atoms. The largest absolute Gasteiger partial charge is 0.394 e. The molecular weight excluding hydrogens is 1290 g/mol. The van der Waals surface area contributed by atoms with Gasteiger partial charge in [0.1, 0.15) is 54.4 Å². The number of nitrogens with one attached hydrogen (secondary N) is 13. The zero-order chi connectivity index (χ0) is 72.4. The Hall–Kier alpha value is -9.63. The van der Waals surface area contributed by atoms with E-state index in [0.29, 0.717) is 37.9 Å². The number of primary amides is 1. The van der Waals surface area contributed by atoms with Gasteiger partial charge in [-0.3, -0.25) is 72.3 Å². The summed E-state index contributed by atoms with van der Waals surface area (Å²) in [6.07, 6.45) is 0.0747. The number of unbranched alkanes of at least 4 members (excludes halogenated alkanes) is 2. The quantitative estimate of drug-likeness (QED) is 0.0166. The van der Waals surface area contributed by atoms with Gasteiger partial charge >= 0.3 is 0 Å². The number of carbonyl (C=O) groups is 13. The second-order valence-corrected chi connectivity index (χ2v) is 23.2. The molecule has 0 fully saturated rings. The van der Waals surface area contributed by atoms with Gasteiger partial charge in [0.05, 0.1) is 38.9 Å². The summed E-state index contributed by atoms with van der Waals surface area (Å²) in [6, 6.07) is -2.60. The molecule has 2 aromatic rings. The van der Waals surface area contributed by atoms with Crippen LogP contribution < -0.4 is 109 Å². The van der Waals surface area contributed by atoms with Crippen LogP contribution in [-0.4, -0.2) is 218 Å². The van der Waals surface area contributed by atoms with Gasteiger partial charge in [0.25, 0.3) is 0 Å². The molecule has 0 bridgehead atoms. The van der Waals surface area contributed by atoms with E-state index in [9.17, 15) is 72.5 Å². The molecule has 2 rings (SSSR count). The van der Waals surface area contributed by atoms with Crippen LogP contribution in [0.5, 0.6) is 0 Å². The molecule has 0 unspecified atom stereocenters. The third-order valence-electron chi connectivity index (χ3n) is 14.2. The lowest BCUT2D eigenvalue weighted by Crippen LogP contribution is -2.60. The van der Waals surface area contributed by atoms with E-state index in [1.807, 2.05) is 16.8 Å². The van der Waals surface area contributed by atoms with Gasteiger partial charge in [-0.05, 0) is 126 Å². The topological polar surface area (TPSA) is 626 Å². The van der Waals surface area contributed by atoms with Crippen LogP contribution in [0.1, 0.15) is 96.1 Å². The van der Waals surface area contributed by atoms with E-state index in [0.717, 1.165) is 5.56 Å². The van der Waals surface area contributed by atoms with Crippen molar-refractivity contribution in [1.82, 2.24) is 69.1 Å². The minimum atomic E-state index is -1.73. The third-order valence-corrected chi connectivity index (χ3v) is 14.9. The first-order valence-corrected chi connectivity index (χ1v) is 32.4. The Labute approximate surface area is 565 Å². The number of benzene rings is 1. The smallest absolute Gasteiger partial charge is 0.245 e. The van der Waals surface area contributed by atoms with Crippen LogP contribution in [0.25, 0.3) is 0 Å². The maximum absolute atomic E-state index is 14.1. The predicted octanol–water partition coefficient (Wildman–Crippen LogP) is -8.94. The lowest BCUT2D eigenvalue weighted by atomic mass is 10.0. The molecule has 10 atom stereocenters. The van der Waals surface area contributed by atoms with Crippen molar-refractivity contribution >= 4 is 100 Å². The summed E-state index contributed by atoms with van der Waals surface area (Å²) in [5, 5.41) is 56.9. The first-order valence-electron chi connectivity index (χ1n) is 31.5. The minimum Gasteiger partial charge on any atom is -0.394 e. The van der Waals surface area contributed by atoms with Crippen LogP contribution in [0.4, 0.5) is 0 Å². The van der Waals surface area contributed by atoms with Crippen molar-refractivity contribution in [3.05, 3.63) is 58.3 Å². The number of hydrogen-bond donors (Lipinski definition) is 22. The lowest BCUT2D eigenvalue weighted by molar-refractivity contribution is -0.136. The van der Waals surface area contributed by atoms with Gasteiger partial charge in [-0.25, -0.2) is 0 Å². The van der Waals surface area contributed by atoms with E-state index < -0.39 is 164 Å². The van der Waals surface area contributed by atoms with Gasteiger partial charge in [0.2, 0.25) is 76.8 Å². The molecule has 38 heteroatoms. The van der Waals surface area contributed by atoms with E-state index in [1.54, 1.807) is 30.3 Å². The number of aliphatic imine (C=N–C) groups is 2. The summed E-state index contributed by atoms with van der Waals surface area (Å²) in [5.41, 5.74) is 40.2. The molecule has 13 amide bonds. The van der Waals surface area contributed by atoms with Crippen LogP contribution in [0.15, 0.2) is 57.1 Å². The maximum atomic E-state index is 14.1. The fourth-order valence-electron chi connectivity index (χ4n) is 8.86. The number of nitrogens with two attached hydrogens (primary N) is 7. The van der Waals surface area contributed by atoms with Gasteiger partial charge in [-0.2, -0.15) is 11.3 Å². The van der Waals surface area contributed by atoms with Crippen molar-refractivity contribution in [3.8, 4) is 0 Å². The monoisotopic (exact) mass is 1390 g/mol. The average Bonchev–Trinajstić information content (AvgIpc) is 1.20. The summed E-state index contributed by atoms with van der Waals surface area (Å²) in [7, 11) is 0. The summed E-state index contributed by atoms with van der Waals surface area (Å²) >= 11 is 1.50. The molecule has 1 aromatic carbocycles. The number of amides is 13. The zero-order valence-electron chi connectivity index (χ0n) is 54.8. The highest BCUT2D eigenvalue weighted by Crippen LogP contribution is 2.10. The van der Waals surface area contributed by atoms with Crippen molar-refractivity contribution in [2.45, 2.75) is 158 Å². The first-order chi connectivity index (χ1) is 46.1. The number of rotatable bonds is 48. The molecule has 0 saturated heterocycles. The number of thiophene rings is 1. The molecule has 0 aliphatic heterocycles. The summed E-state index contributed by atoms with van der Waals surface area (Å²) < 4.78 is 0. The van der Waals surface area contributed by atoms with Gasteiger partial charge in [-0.1, -0.05) is 30.3 Å². The van der Waals surface area contributed by atoms with E-state index in [2.05, 4.69) is 79.1 Å². The third kappa shape index (κ3) is 35.1. The van der Waals surface area contributed by atoms with Crippen molar-refractivity contribution in [1.29, 1.82) is 0 Å². The van der Waals surface area contributed by atoms with Crippen LogP contribution in [-0.2, 0) is 75.3 Å². The fraction of sp³-hybridized carbons (Fsp3) is 0.576. The van der Waals surface area contributed by atoms with Crippen molar-refractivity contribution in [2.75, 3.05) is 59.0 Å². The molecule has 1 heterocycles. The van der Waals surface area contributed by atoms with E-state index in [4.69, 9.17) is 40.1 Å². The molecule has 0 radical (unpaired) electrons. The number of carbonyl (C=O) groups excluding carboxylic acids is 13. The molecule has 29 N–H and O–H groups in total. The minimum absolute atomic E-state index is 0.0221. The molecule has 0 saturated carbocycles. The highest BCUT2D eigenvalue weighted by Gasteiger charge is 2.34. The van der Waals surface area contributed by atoms with Crippen LogP contribution in [0.2, 0.25) is 0 Å². The molecule has 37 nitrogen and oxygen atoms in total. The van der Waals surface area contributed by atoms with Crippen molar-refractivity contribution < 1.29 is 72.5 Å². The van der Waals surface area contributed by atoms with Gasteiger partial charge in [0.15, 0.2) is 11.9 Å². The number of guanidine groups is 2. The summed E-state index contributed by atoms with van der Waals surface area (Å²) in [4.78, 5) is 181.